The zero-order valence-electron chi connectivity index (χ0n) is 16.3. The van der Waals surface area contributed by atoms with Crippen LogP contribution in [0, 0.1) is 0 Å². The van der Waals surface area contributed by atoms with E-state index in [1.165, 1.54) is 0 Å². The molecule has 3 heterocycles. The predicted octanol–water partition coefficient (Wildman–Crippen LogP) is 3.67. The molecule has 3 aromatic rings. The molecule has 0 spiro atoms. The molecule has 0 amide bonds. The van der Waals surface area contributed by atoms with Gasteiger partial charge in [0.2, 0.25) is 0 Å². The van der Waals surface area contributed by atoms with Crippen LogP contribution in [-0.2, 0) is 24.9 Å². The molecule has 1 aliphatic rings. The molecule has 0 saturated heterocycles. The van der Waals surface area contributed by atoms with Crippen LogP contribution in [0.25, 0.3) is 11.0 Å². The molecule has 4 rings (SSSR count). The van der Waals surface area contributed by atoms with Crippen LogP contribution < -0.4 is 11.2 Å². The number of halogens is 1. The molecule has 0 bridgehead atoms. The Kier molecular flexibility index (Phi) is 4.63. The maximum Gasteiger partial charge on any atom is 0.199 e. The summed E-state index contributed by atoms with van der Waals surface area (Å²) in [5, 5.41) is 0.946. The molecule has 0 radical (unpaired) electrons. The zero-order chi connectivity index (χ0) is 20.1. The number of anilines is 1. The van der Waals surface area contributed by atoms with Crippen molar-refractivity contribution in [1.29, 1.82) is 0 Å². The van der Waals surface area contributed by atoms with E-state index in [4.69, 9.17) is 26.7 Å². The lowest BCUT2D eigenvalue weighted by atomic mass is 9.95. The maximum atomic E-state index is 12.9. The van der Waals surface area contributed by atoms with E-state index in [0.717, 1.165) is 30.0 Å². The van der Waals surface area contributed by atoms with E-state index in [1.54, 1.807) is 18.2 Å². The van der Waals surface area contributed by atoms with Crippen molar-refractivity contribution in [3.63, 3.8) is 0 Å². The molecule has 6 nitrogen and oxygen atoms in total. The van der Waals surface area contributed by atoms with Gasteiger partial charge in [0.15, 0.2) is 11.3 Å². The van der Waals surface area contributed by atoms with E-state index < -0.39 is 0 Å². The van der Waals surface area contributed by atoms with Gasteiger partial charge in [-0.15, -0.1) is 0 Å². The number of hydrogen-bond donors (Lipinski definition) is 1. The fourth-order valence-corrected chi connectivity index (χ4v) is 3.64. The van der Waals surface area contributed by atoms with Gasteiger partial charge in [-0.05, 0) is 18.2 Å². The van der Waals surface area contributed by atoms with Crippen LogP contribution in [0.4, 0.5) is 5.88 Å². The molecule has 1 aromatic carbocycles. The van der Waals surface area contributed by atoms with E-state index >= 15 is 0 Å². The van der Waals surface area contributed by atoms with Gasteiger partial charge in [0, 0.05) is 53.9 Å². The minimum absolute atomic E-state index is 0.0774. The average molecular weight is 399 g/mol. The number of nitrogen functional groups attached to an aromatic ring is 1. The Balaban J connectivity index is 1.62. The van der Waals surface area contributed by atoms with Gasteiger partial charge in [-0.3, -0.25) is 9.69 Å². The molecule has 0 atom stereocenters. The number of rotatable bonds is 2. The summed E-state index contributed by atoms with van der Waals surface area (Å²) >= 11 is 6.04. The van der Waals surface area contributed by atoms with Crippen LogP contribution in [0.2, 0.25) is 5.02 Å². The van der Waals surface area contributed by atoms with Gasteiger partial charge in [-0.1, -0.05) is 32.4 Å². The third-order valence-corrected chi connectivity index (χ3v) is 5.28. The van der Waals surface area contributed by atoms with Crippen molar-refractivity contribution in [3.05, 3.63) is 62.3 Å². The summed E-state index contributed by atoms with van der Waals surface area (Å²) in [6, 6.07) is 4.97. The summed E-state index contributed by atoms with van der Waals surface area (Å²) in [6.07, 6.45) is 2.71. The van der Waals surface area contributed by atoms with Crippen LogP contribution in [0.3, 0.4) is 0 Å². The molecule has 28 heavy (non-hydrogen) atoms. The smallest absolute Gasteiger partial charge is 0.199 e. The van der Waals surface area contributed by atoms with E-state index in [9.17, 15) is 4.79 Å². The standard InChI is InChI=1S/C21H23ClN4O2/c1-21(2,3)20-24-9-12-10-26(7-6-16(12)25-20)11-15-18(27)14-8-13(22)4-5-17(14)28-19(15)23/h4-5,8-9H,6-7,10-11,23H2,1-3H3. The minimum Gasteiger partial charge on any atom is -0.440 e. The minimum atomic E-state index is -0.133. The fourth-order valence-electron chi connectivity index (χ4n) is 3.47. The van der Waals surface area contributed by atoms with Crippen molar-refractivity contribution < 1.29 is 4.42 Å². The second-order valence-electron chi connectivity index (χ2n) is 8.29. The molecular weight excluding hydrogens is 376 g/mol. The number of aromatic nitrogens is 2. The first-order valence-corrected chi connectivity index (χ1v) is 9.68. The van der Waals surface area contributed by atoms with E-state index in [0.29, 0.717) is 34.6 Å². The predicted molar refractivity (Wildman–Crippen MR) is 110 cm³/mol. The normalized spacial score (nSPS) is 15.0. The van der Waals surface area contributed by atoms with Gasteiger partial charge in [0.1, 0.15) is 11.4 Å². The number of benzene rings is 1. The lowest BCUT2D eigenvalue weighted by Crippen LogP contribution is -2.33. The lowest BCUT2D eigenvalue weighted by molar-refractivity contribution is 0.240. The quantitative estimate of drug-likeness (QED) is 0.708. The van der Waals surface area contributed by atoms with Crippen LogP contribution >= 0.6 is 11.6 Å². The Morgan fingerprint density at radius 3 is 2.86 bits per heavy atom. The molecule has 0 fully saturated rings. The lowest BCUT2D eigenvalue weighted by Gasteiger charge is -2.29. The number of nitrogens with two attached hydrogens (primary N) is 1. The van der Waals surface area contributed by atoms with Crippen LogP contribution in [0.1, 0.15) is 43.4 Å². The highest BCUT2D eigenvalue weighted by molar-refractivity contribution is 6.31. The Labute approximate surface area is 168 Å². The van der Waals surface area contributed by atoms with Crippen molar-refractivity contribution in [2.24, 2.45) is 0 Å². The Bertz CT molecular complexity index is 1120. The molecule has 0 saturated carbocycles. The second-order valence-corrected chi connectivity index (χ2v) is 8.73. The SMILES string of the molecule is CC(C)(C)c1ncc2c(n1)CCN(Cc1c(N)oc3ccc(Cl)cc3c1=O)C2. The van der Waals surface area contributed by atoms with Crippen LogP contribution in [-0.4, -0.2) is 21.4 Å². The van der Waals surface area contributed by atoms with Gasteiger partial charge in [-0.25, -0.2) is 9.97 Å². The number of hydrogen-bond acceptors (Lipinski definition) is 6. The first-order chi connectivity index (χ1) is 13.2. The molecule has 1 aliphatic heterocycles. The van der Waals surface area contributed by atoms with Crippen molar-refractivity contribution in [2.45, 2.75) is 45.7 Å². The highest BCUT2D eigenvalue weighted by atomic mass is 35.5. The van der Waals surface area contributed by atoms with Crippen molar-refractivity contribution >= 4 is 28.5 Å². The highest BCUT2D eigenvalue weighted by Gasteiger charge is 2.24. The summed E-state index contributed by atoms with van der Waals surface area (Å²) in [7, 11) is 0. The molecule has 2 N–H and O–H groups in total. The average Bonchev–Trinajstić information content (AvgIpc) is 2.64. The van der Waals surface area contributed by atoms with Gasteiger partial charge in [-0.2, -0.15) is 0 Å². The Morgan fingerprint density at radius 2 is 2.11 bits per heavy atom. The van der Waals surface area contributed by atoms with Crippen molar-refractivity contribution in [2.75, 3.05) is 12.3 Å². The van der Waals surface area contributed by atoms with E-state index in [2.05, 4.69) is 30.7 Å². The largest absolute Gasteiger partial charge is 0.440 e. The van der Waals surface area contributed by atoms with Crippen molar-refractivity contribution in [3.8, 4) is 0 Å². The third kappa shape index (κ3) is 3.50. The maximum absolute atomic E-state index is 12.9. The van der Waals surface area contributed by atoms with Crippen LogP contribution in [0.15, 0.2) is 33.6 Å². The summed E-state index contributed by atoms with van der Waals surface area (Å²) < 4.78 is 5.66. The molecule has 2 aromatic heterocycles. The fraction of sp³-hybridized carbons (Fsp3) is 0.381. The third-order valence-electron chi connectivity index (χ3n) is 5.04. The van der Waals surface area contributed by atoms with E-state index in [-0.39, 0.29) is 16.7 Å². The summed E-state index contributed by atoms with van der Waals surface area (Å²) in [6.45, 7) is 8.21. The Morgan fingerprint density at radius 1 is 1.32 bits per heavy atom. The zero-order valence-corrected chi connectivity index (χ0v) is 17.0. The second kappa shape index (κ2) is 6.87. The van der Waals surface area contributed by atoms with Gasteiger partial charge < -0.3 is 10.2 Å². The molecule has 0 unspecified atom stereocenters. The van der Waals surface area contributed by atoms with Gasteiger partial charge in [0.25, 0.3) is 0 Å². The summed E-state index contributed by atoms with van der Waals surface area (Å²) in [5.74, 6) is 1.01. The first kappa shape index (κ1) is 18.9. The first-order valence-electron chi connectivity index (χ1n) is 9.31. The van der Waals surface area contributed by atoms with Crippen LogP contribution in [0.5, 0.6) is 0 Å². The molecule has 146 valence electrons. The molecular formula is C21H23ClN4O2. The van der Waals surface area contributed by atoms with Gasteiger partial charge >= 0.3 is 0 Å². The number of nitrogens with zero attached hydrogens (tertiary/aromatic N) is 3. The van der Waals surface area contributed by atoms with Crippen molar-refractivity contribution in [1.82, 2.24) is 14.9 Å². The summed E-state index contributed by atoms with van der Waals surface area (Å²) in [4.78, 5) is 24.4. The van der Waals surface area contributed by atoms with Gasteiger partial charge in [0.05, 0.1) is 10.9 Å². The topological polar surface area (TPSA) is 85.2 Å². The van der Waals surface area contributed by atoms with E-state index in [1.807, 2.05) is 6.20 Å². The molecule has 7 heteroatoms. The number of fused-ring (bicyclic) bond motifs is 2. The highest BCUT2D eigenvalue weighted by Crippen LogP contribution is 2.25. The Hall–Kier alpha value is -2.44. The molecule has 0 aliphatic carbocycles. The monoisotopic (exact) mass is 398 g/mol. The summed E-state index contributed by atoms with van der Waals surface area (Å²) in [5.41, 5.74) is 8.93.